The van der Waals surface area contributed by atoms with Gasteiger partial charge in [-0.25, -0.2) is 0 Å². The maximum atomic E-state index is 6.67. The maximum absolute atomic E-state index is 6.67. The predicted molar refractivity (Wildman–Crippen MR) is 248 cm³/mol. The van der Waals surface area contributed by atoms with Crippen molar-refractivity contribution in [3.8, 4) is 55.6 Å². The van der Waals surface area contributed by atoms with Crippen molar-refractivity contribution >= 4 is 52.6 Å². The Bertz CT molecular complexity index is 3340. The molecule has 1 unspecified atom stereocenters. The Morgan fingerprint density at radius 3 is 2.21 bits per heavy atom. The zero-order chi connectivity index (χ0) is 38.3. The van der Waals surface area contributed by atoms with Crippen molar-refractivity contribution in [2.75, 3.05) is 0 Å². The molecule has 276 valence electrons. The fourth-order valence-electron chi connectivity index (χ4n) is 11.2. The van der Waals surface area contributed by atoms with Crippen LogP contribution in [-0.2, 0) is 31.1 Å². The van der Waals surface area contributed by atoms with Gasteiger partial charge in [-0.2, -0.15) is 0 Å². The van der Waals surface area contributed by atoms with Crippen molar-refractivity contribution in [2.24, 2.45) is 0 Å². The molecule has 0 amide bonds. The lowest BCUT2D eigenvalue weighted by Gasteiger charge is -2.23. The summed E-state index contributed by atoms with van der Waals surface area (Å²) in [6, 6.07) is 46.6. The van der Waals surface area contributed by atoms with Gasteiger partial charge in [0, 0.05) is 22.8 Å². The molecule has 1 nitrogen and oxygen atoms in total. The van der Waals surface area contributed by atoms with Crippen molar-refractivity contribution in [3.63, 3.8) is 0 Å². The molecule has 13 rings (SSSR count). The molecule has 0 N–H and O–H groups in total. The summed E-state index contributed by atoms with van der Waals surface area (Å²) in [6.45, 7) is 4.78. The molecule has 2 heterocycles. The minimum atomic E-state index is -0.0758. The average Bonchev–Trinajstić information content (AvgIpc) is 4.04. The van der Waals surface area contributed by atoms with Gasteiger partial charge in [-0.15, -0.1) is 8.19 Å². The Labute approximate surface area is 340 Å². The van der Waals surface area contributed by atoms with E-state index < -0.39 is 0 Å². The SMILES string of the molecule is CC1(C)c2ccccc2-c2ccc(-c3c4c(c(-c5ccc6c7c([pH]c6c5)CCC=C7)c5ccc(-c6ccc7c8c(oc7c6)CCc6ccccc6-8)cc35)CC=C4)cc21. The quantitative estimate of drug-likeness (QED) is 0.175. The van der Waals surface area contributed by atoms with Crippen molar-refractivity contribution in [2.45, 2.75) is 51.4 Å². The van der Waals surface area contributed by atoms with E-state index in [9.17, 15) is 0 Å². The van der Waals surface area contributed by atoms with E-state index in [0.717, 1.165) is 45.2 Å². The summed E-state index contributed by atoms with van der Waals surface area (Å²) in [5.41, 5.74) is 22.5. The molecular weight excluding hydrogens is 720 g/mol. The van der Waals surface area contributed by atoms with Gasteiger partial charge in [0.2, 0.25) is 0 Å². The normalized spacial score (nSPS) is 15.6. The highest BCUT2D eigenvalue weighted by Crippen LogP contribution is 2.53. The van der Waals surface area contributed by atoms with Crippen LogP contribution >= 0.6 is 8.19 Å². The maximum Gasteiger partial charge on any atom is 0.135 e. The molecule has 0 bridgehead atoms. The molecule has 58 heavy (non-hydrogen) atoms. The molecular formula is C56H41OP. The third-order valence-corrected chi connectivity index (χ3v) is 15.5. The minimum Gasteiger partial charge on any atom is -0.460 e. The van der Waals surface area contributed by atoms with Crippen molar-refractivity contribution < 1.29 is 4.42 Å². The van der Waals surface area contributed by atoms with Crippen molar-refractivity contribution in [1.82, 2.24) is 0 Å². The van der Waals surface area contributed by atoms with E-state index in [2.05, 4.69) is 159 Å². The fraction of sp³-hybridized carbons (Fsp3) is 0.143. The Balaban J connectivity index is 1.04. The van der Waals surface area contributed by atoms with Gasteiger partial charge in [0.25, 0.3) is 0 Å². The van der Waals surface area contributed by atoms with Gasteiger partial charge >= 0.3 is 0 Å². The van der Waals surface area contributed by atoms with Crippen LogP contribution in [0.15, 0.2) is 138 Å². The summed E-state index contributed by atoms with van der Waals surface area (Å²) < 4.78 is 6.67. The lowest BCUT2D eigenvalue weighted by molar-refractivity contribution is 0.546. The van der Waals surface area contributed by atoms with Crippen LogP contribution in [-0.4, -0.2) is 0 Å². The predicted octanol–water partition coefficient (Wildman–Crippen LogP) is 15.4. The highest BCUT2D eigenvalue weighted by molar-refractivity contribution is 7.38. The molecule has 0 radical (unpaired) electrons. The van der Waals surface area contributed by atoms with Gasteiger partial charge in [-0.3, -0.25) is 0 Å². The van der Waals surface area contributed by atoms with E-state index in [4.69, 9.17) is 4.42 Å². The molecule has 4 aliphatic carbocycles. The summed E-state index contributed by atoms with van der Waals surface area (Å²) in [6.07, 6.45) is 14.8. The first-order chi connectivity index (χ1) is 28.5. The second-order valence-corrected chi connectivity index (χ2v) is 18.8. The Morgan fingerprint density at radius 2 is 1.28 bits per heavy atom. The first-order valence-electron chi connectivity index (χ1n) is 21.0. The number of rotatable bonds is 3. The smallest absolute Gasteiger partial charge is 0.135 e. The van der Waals surface area contributed by atoms with Crippen LogP contribution in [0.4, 0.5) is 0 Å². The number of aryl methyl sites for hydroxylation is 3. The van der Waals surface area contributed by atoms with E-state index in [1.54, 1.807) is 5.30 Å². The fourth-order valence-corrected chi connectivity index (χ4v) is 12.7. The summed E-state index contributed by atoms with van der Waals surface area (Å²) in [7, 11) is 0.766. The highest BCUT2D eigenvalue weighted by Gasteiger charge is 2.36. The molecule has 0 saturated heterocycles. The van der Waals surface area contributed by atoms with E-state index in [-0.39, 0.29) is 5.41 Å². The molecule has 0 saturated carbocycles. The molecule has 2 aromatic heterocycles. The molecule has 4 aliphatic rings. The van der Waals surface area contributed by atoms with E-state index in [0.29, 0.717) is 0 Å². The number of allylic oxidation sites excluding steroid dienone is 2. The van der Waals surface area contributed by atoms with Gasteiger partial charge in [0.15, 0.2) is 0 Å². The first kappa shape index (κ1) is 32.9. The second kappa shape index (κ2) is 12.0. The van der Waals surface area contributed by atoms with Gasteiger partial charge in [0.1, 0.15) is 11.3 Å². The standard InChI is InChI=1S/C56H41OP/c1-56(2)47-16-7-5-12-38(47)39-23-20-35(29-48(39)56)54-43-15-9-14-42(43)53(36-21-24-41-40-13-6-8-17-51(40)58-52(41)31-36)44-25-18-33(28-46(44)54)34-19-26-45-50(30-34)57-49-27-22-32-10-3-4-11-37(32)55(45)49/h3-7,9-13,15-16,18-21,23-26,28-31,58H,8,14,17,22,27H2,1-2H3. The van der Waals surface area contributed by atoms with Crippen molar-refractivity contribution in [3.05, 3.63) is 178 Å². The number of hydrogen-bond acceptors (Lipinski definition) is 1. The summed E-state index contributed by atoms with van der Waals surface area (Å²) >= 11 is 0. The molecule has 7 aromatic carbocycles. The lowest BCUT2D eigenvalue weighted by Crippen LogP contribution is -2.14. The molecule has 0 fully saturated rings. The Morgan fingerprint density at radius 1 is 0.534 bits per heavy atom. The van der Waals surface area contributed by atoms with E-state index in [1.807, 2.05) is 0 Å². The average molecular weight is 761 g/mol. The van der Waals surface area contributed by atoms with Crippen molar-refractivity contribution in [1.29, 1.82) is 0 Å². The first-order valence-corrected chi connectivity index (χ1v) is 22.0. The molecule has 0 spiro atoms. The minimum absolute atomic E-state index is 0.0758. The van der Waals surface area contributed by atoms with E-state index >= 15 is 0 Å². The Kier molecular flexibility index (Phi) is 6.78. The second-order valence-electron chi connectivity index (χ2n) is 17.4. The molecule has 1 atom stereocenters. The largest absolute Gasteiger partial charge is 0.460 e. The van der Waals surface area contributed by atoms with Gasteiger partial charge in [-0.1, -0.05) is 129 Å². The number of benzene rings is 7. The van der Waals surface area contributed by atoms with Gasteiger partial charge < -0.3 is 4.42 Å². The lowest BCUT2D eigenvalue weighted by atomic mass is 9.79. The number of hydrogen-bond donors (Lipinski definition) is 0. The summed E-state index contributed by atoms with van der Waals surface area (Å²) in [5.74, 6) is 1.11. The number of furan rings is 1. The van der Waals surface area contributed by atoms with Crippen LogP contribution < -0.4 is 0 Å². The van der Waals surface area contributed by atoms with Crippen LogP contribution in [0.1, 0.15) is 64.7 Å². The van der Waals surface area contributed by atoms with Crippen LogP contribution in [0, 0.1) is 0 Å². The van der Waals surface area contributed by atoms with Crippen LogP contribution in [0.3, 0.4) is 0 Å². The van der Waals surface area contributed by atoms with Gasteiger partial charge in [0.05, 0.1) is 0 Å². The molecule has 0 aliphatic heterocycles. The summed E-state index contributed by atoms with van der Waals surface area (Å²) in [5, 5.41) is 8.41. The monoisotopic (exact) mass is 760 g/mol. The van der Waals surface area contributed by atoms with Crippen LogP contribution in [0.25, 0.3) is 100 Å². The van der Waals surface area contributed by atoms with Gasteiger partial charge in [-0.05, 0) is 166 Å². The summed E-state index contributed by atoms with van der Waals surface area (Å²) in [4.78, 5) is 0. The number of fused-ring (bicyclic) bond motifs is 13. The third-order valence-electron chi connectivity index (χ3n) is 14.0. The topological polar surface area (TPSA) is 13.1 Å². The Hall–Kier alpha value is -6.14. The third kappa shape index (κ3) is 4.54. The van der Waals surface area contributed by atoms with Crippen LogP contribution in [0.5, 0.6) is 0 Å². The zero-order valence-corrected chi connectivity index (χ0v) is 33.8. The highest BCUT2D eigenvalue weighted by atomic mass is 31.0. The zero-order valence-electron chi connectivity index (χ0n) is 32.8. The molecule has 9 aromatic rings. The van der Waals surface area contributed by atoms with Crippen LogP contribution in [0.2, 0.25) is 0 Å². The molecule has 2 heteroatoms. The van der Waals surface area contributed by atoms with E-state index in [1.165, 1.54) is 122 Å².